The van der Waals surface area contributed by atoms with E-state index in [1.165, 1.54) is 24.1 Å². The van der Waals surface area contributed by atoms with E-state index in [0.29, 0.717) is 11.5 Å². The highest BCUT2D eigenvalue weighted by atomic mass is 19.1. The Balaban J connectivity index is 1.66. The van der Waals surface area contributed by atoms with Gasteiger partial charge in [-0.1, -0.05) is 24.3 Å². The van der Waals surface area contributed by atoms with E-state index in [1.807, 2.05) is 12.1 Å². The van der Waals surface area contributed by atoms with Gasteiger partial charge in [0.2, 0.25) is 11.8 Å². The summed E-state index contributed by atoms with van der Waals surface area (Å²) < 4.78 is 24.5. The van der Waals surface area contributed by atoms with E-state index < -0.39 is 11.7 Å². The van der Waals surface area contributed by atoms with Gasteiger partial charge >= 0.3 is 0 Å². The van der Waals surface area contributed by atoms with Gasteiger partial charge in [0.25, 0.3) is 0 Å². The number of carbonyl (C=O) groups is 2. The lowest BCUT2D eigenvalue weighted by molar-refractivity contribution is -0.126. The number of hydrogen-bond acceptors (Lipinski definition) is 4. The molecule has 1 N–H and O–H groups in total. The maximum atomic E-state index is 13.9. The zero-order valence-electron chi connectivity index (χ0n) is 15.2. The quantitative estimate of drug-likeness (QED) is 0.846. The Hall–Kier alpha value is -3.09. The molecule has 2 aromatic rings. The maximum Gasteiger partial charge on any atom is 0.227 e. The molecule has 1 saturated heterocycles. The predicted molar refractivity (Wildman–Crippen MR) is 98.3 cm³/mol. The Morgan fingerprint density at radius 1 is 1.19 bits per heavy atom. The summed E-state index contributed by atoms with van der Waals surface area (Å²) in [4.78, 5) is 26.1. The van der Waals surface area contributed by atoms with Crippen LogP contribution in [0.2, 0.25) is 0 Å². The molecule has 0 aliphatic carbocycles. The minimum atomic E-state index is -0.534. The summed E-state index contributed by atoms with van der Waals surface area (Å²) >= 11 is 0. The molecule has 1 unspecified atom stereocenters. The first-order valence-electron chi connectivity index (χ1n) is 8.57. The highest BCUT2D eigenvalue weighted by molar-refractivity contribution is 6.00. The molecule has 0 radical (unpaired) electrons. The molecule has 0 aromatic heterocycles. The lowest BCUT2D eigenvalue weighted by Crippen LogP contribution is -2.33. The van der Waals surface area contributed by atoms with E-state index in [-0.39, 0.29) is 37.0 Å². The Morgan fingerprint density at radius 2 is 1.96 bits per heavy atom. The number of para-hydroxylation sites is 2. The number of benzene rings is 2. The van der Waals surface area contributed by atoms with Gasteiger partial charge in [-0.3, -0.25) is 9.59 Å². The zero-order valence-corrected chi connectivity index (χ0v) is 15.2. The van der Waals surface area contributed by atoms with Crippen LogP contribution in [-0.4, -0.2) is 32.6 Å². The van der Waals surface area contributed by atoms with E-state index in [0.717, 1.165) is 5.56 Å². The van der Waals surface area contributed by atoms with Crippen molar-refractivity contribution in [1.29, 1.82) is 0 Å². The largest absolute Gasteiger partial charge is 0.493 e. The fourth-order valence-corrected chi connectivity index (χ4v) is 3.21. The molecular formula is C20H21FN2O4. The van der Waals surface area contributed by atoms with Gasteiger partial charge in [-0.2, -0.15) is 0 Å². The van der Waals surface area contributed by atoms with Crippen LogP contribution in [0.5, 0.6) is 11.5 Å². The van der Waals surface area contributed by atoms with Gasteiger partial charge in [-0.05, 0) is 18.2 Å². The standard InChI is InChI=1S/C20H21FN2O4/c1-26-17-9-5-6-13(19(17)27-2)11-22-20(25)14-10-18(24)23(12-14)16-8-4-3-7-15(16)21/h3-9,14H,10-12H2,1-2H3,(H,22,25). The number of carbonyl (C=O) groups excluding carboxylic acids is 2. The summed E-state index contributed by atoms with van der Waals surface area (Å²) in [5.74, 6) is -0.408. The van der Waals surface area contributed by atoms with Gasteiger partial charge in [0, 0.05) is 25.1 Å². The molecule has 0 spiro atoms. The summed E-state index contributed by atoms with van der Waals surface area (Å²) in [6.45, 7) is 0.393. The molecule has 1 heterocycles. The monoisotopic (exact) mass is 372 g/mol. The highest BCUT2D eigenvalue weighted by Crippen LogP contribution is 2.31. The van der Waals surface area contributed by atoms with Crippen molar-refractivity contribution in [2.75, 3.05) is 25.7 Å². The van der Waals surface area contributed by atoms with Crippen LogP contribution in [0.15, 0.2) is 42.5 Å². The Kier molecular flexibility index (Phi) is 5.59. The maximum absolute atomic E-state index is 13.9. The SMILES string of the molecule is COc1cccc(CNC(=O)C2CC(=O)N(c3ccccc3F)C2)c1OC. The van der Waals surface area contributed by atoms with Gasteiger partial charge in [-0.15, -0.1) is 0 Å². The van der Waals surface area contributed by atoms with Gasteiger partial charge in [0.05, 0.1) is 25.8 Å². The van der Waals surface area contributed by atoms with Crippen molar-refractivity contribution in [1.82, 2.24) is 5.32 Å². The molecule has 2 amide bonds. The summed E-state index contributed by atoms with van der Waals surface area (Å²) in [6, 6.07) is 11.5. The van der Waals surface area contributed by atoms with Gasteiger partial charge in [0.15, 0.2) is 11.5 Å². The molecule has 3 rings (SSSR count). The summed E-state index contributed by atoms with van der Waals surface area (Å²) in [7, 11) is 3.08. The van der Waals surface area contributed by atoms with Gasteiger partial charge in [-0.25, -0.2) is 4.39 Å². The van der Waals surface area contributed by atoms with Crippen LogP contribution in [0.25, 0.3) is 0 Å². The van der Waals surface area contributed by atoms with Crippen molar-refractivity contribution in [2.24, 2.45) is 5.92 Å². The second kappa shape index (κ2) is 8.07. The minimum Gasteiger partial charge on any atom is -0.493 e. The average molecular weight is 372 g/mol. The molecule has 2 aromatic carbocycles. The molecule has 142 valence electrons. The first kappa shape index (κ1) is 18.7. The molecule has 1 aliphatic heterocycles. The molecule has 27 heavy (non-hydrogen) atoms. The molecule has 0 saturated carbocycles. The first-order valence-corrected chi connectivity index (χ1v) is 8.57. The Labute approximate surface area is 156 Å². The van der Waals surface area contributed by atoms with Gasteiger partial charge in [0.1, 0.15) is 5.82 Å². The second-order valence-electron chi connectivity index (χ2n) is 6.23. The van der Waals surface area contributed by atoms with E-state index in [2.05, 4.69) is 5.32 Å². The van der Waals surface area contributed by atoms with Crippen molar-refractivity contribution >= 4 is 17.5 Å². The minimum absolute atomic E-state index is 0.0510. The molecule has 1 atom stereocenters. The average Bonchev–Trinajstić information content (AvgIpc) is 3.07. The number of anilines is 1. The zero-order chi connectivity index (χ0) is 19.4. The lowest BCUT2D eigenvalue weighted by Gasteiger charge is -2.17. The topological polar surface area (TPSA) is 67.9 Å². The van der Waals surface area contributed by atoms with E-state index >= 15 is 0 Å². The van der Waals surface area contributed by atoms with Crippen molar-refractivity contribution in [3.05, 3.63) is 53.8 Å². The number of methoxy groups -OCH3 is 2. The molecule has 0 bridgehead atoms. The molecule has 7 heteroatoms. The summed E-state index contributed by atoms with van der Waals surface area (Å²) in [6.07, 6.45) is 0.0510. The fourth-order valence-electron chi connectivity index (χ4n) is 3.21. The fraction of sp³-hybridized carbons (Fsp3) is 0.300. The van der Waals surface area contributed by atoms with Crippen molar-refractivity contribution in [3.8, 4) is 11.5 Å². The van der Waals surface area contributed by atoms with Crippen LogP contribution < -0.4 is 19.7 Å². The van der Waals surface area contributed by atoms with E-state index in [4.69, 9.17) is 9.47 Å². The van der Waals surface area contributed by atoms with Gasteiger partial charge < -0.3 is 19.7 Å². The van der Waals surface area contributed by atoms with Crippen LogP contribution >= 0.6 is 0 Å². The Bertz CT molecular complexity index is 856. The number of rotatable bonds is 6. The van der Waals surface area contributed by atoms with E-state index in [1.54, 1.807) is 25.3 Å². The number of nitrogens with zero attached hydrogens (tertiary/aromatic N) is 1. The van der Waals surface area contributed by atoms with Crippen LogP contribution in [0.3, 0.4) is 0 Å². The number of hydrogen-bond donors (Lipinski definition) is 1. The Morgan fingerprint density at radius 3 is 2.67 bits per heavy atom. The van der Waals surface area contributed by atoms with Crippen LogP contribution in [-0.2, 0) is 16.1 Å². The number of nitrogens with one attached hydrogen (secondary N) is 1. The predicted octanol–water partition coefficient (Wildman–Crippen LogP) is 2.51. The third-order valence-electron chi connectivity index (χ3n) is 4.58. The smallest absolute Gasteiger partial charge is 0.227 e. The number of halogens is 1. The number of ether oxygens (including phenoxy) is 2. The van der Waals surface area contributed by atoms with Crippen molar-refractivity contribution < 1.29 is 23.5 Å². The van der Waals surface area contributed by atoms with Crippen LogP contribution in [0, 0.1) is 11.7 Å². The molecule has 1 aliphatic rings. The normalized spacial score (nSPS) is 16.3. The van der Waals surface area contributed by atoms with Crippen molar-refractivity contribution in [2.45, 2.75) is 13.0 Å². The third kappa shape index (κ3) is 3.86. The molecule has 6 nitrogen and oxygen atoms in total. The molecular weight excluding hydrogens is 351 g/mol. The highest BCUT2D eigenvalue weighted by Gasteiger charge is 2.36. The van der Waals surface area contributed by atoms with Crippen LogP contribution in [0.1, 0.15) is 12.0 Å². The third-order valence-corrected chi connectivity index (χ3v) is 4.58. The van der Waals surface area contributed by atoms with E-state index in [9.17, 15) is 14.0 Å². The second-order valence-corrected chi connectivity index (χ2v) is 6.23. The lowest BCUT2D eigenvalue weighted by atomic mass is 10.1. The van der Waals surface area contributed by atoms with Crippen molar-refractivity contribution in [3.63, 3.8) is 0 Å². The van der Waals surface area contributed by atoms with Crippen LogP contribution in [0.4, 0.5) is 10.1 Å². The number of amides is 2. The summed E-state index contributed by atoms with van der Waals surface area (Å²) in [5, 5.41) is 2.83. The summed E-state index contributed by atoms with van der Waals surface area (Å²) in [5.41, 5.74) is 0.966. The molecule has 1 fully saturated rings. The first-order chi connectivity index (χ1) is 13.0.